The Morgan fingerprint density at radius 3 is 2.50 bits per heavy atom. The zero-order chi connectivity index (χ0) is 9.56. The van der Waals surface area contributed by atoms with Crippen molar-refractivity contribution in [2.45, 2.75) is 39.2 Å². The minimum atomic E-state index is -0.945. The van der Waals surface area contributed by atoms with Crippen LogP contribution in [-0.4, -0.2) is 22.3 Å². The van der Waals surface area contributed by atoms with Crippen molar-refractivity contribution in [3.8, 4) is 0 Å². The maximum atomic E-state index is 10.1. The van der Waals surface area contributed by atoms with Gasteiger partial charge in [0.05, 0.1) is 12.5 Å². The molecule has 0 saturated heterocycles. The maximum Gasteiger partial charge on any atom is 0.305 e. The highest BCUT2D eigenvalue weighted by atomic mass is 16.4. The molecule has 0 heterocycles. The second-order valence-corrected chi connectivity index (χ2v) is 3.11. The standard InChI is InChI=1S/C9H16O3/c1-7(2)4-3-5-8(10)6-9(11)12/h4,8,10H,3,5-6H2,1-2H3,(H,11,12). The van der Waals surface area contributed by atoms with E-state index in [-0.39, 0.29) is 6.42 Å². The van der Waals surface area contributed by atoms with Gasteiger partial charge in [-0.15, -0.1) is 0 Å². The largest absolute Gasteiger partial charge is 0.481 e. The van der Waals surface area contributed by atoms with E-state index < -0.39 is 12.1 Å². The van der Waals surface area contributed by atoms with Crippen LogP contribution in [0.15, 0.2) is 11.6 Å². The van der Waals surface area contributed by atoms with Crippen LogP contribution in [0.1, 0.15) is 33.1 Å². The number of carboxylic acid groups (broad SMARTS) is 1. The van der Waals surface area contributed by atoms with E-state index in [1.807, 2.05) is 19.9 Å². The normalized spacial score (nSPS) is 12.2. The molecule has 0 aromatic rings. The molecule has 0 aliphatic rings. The van der Waals surface area contributed by atoms with Gasteiger partial charge >= 0.3 is 5.97 Å². The van der Waals surface area contributed by atoms with Crippen molar-refractivity contribution in [1.82, 2.24) is 0 Å². The minimum absolute atomic E-state index is 0.156. The number of aliphatic hydroxyl groups excluding tert-OH is 1. The van der Waals surface area contributed by atoms with Crippen LogP contribution >= 0.6 is 0 Å². The monoisotopic (exact) mass is 172 g/mol. The molecule has 1 atom stereocenters. The van der Waals surface area contributed by atoms with Crippen LogP contribution in [0.2, 0.25) is 0 Å². The lowest BCUT2D eigenvalue weighted by molar-refractivity contribution is -0.139. The lowest BCUT2D eigenvalue weighted by atomic mass is 10.1. The zero-order valence-corrected chi connectivity index (χ0v) is 7.58. The Balaban J connectivity index is 3.50. The molecule has 70 valence electrons. The van der Waals surface area contributed by atoms with E-state index in [2.05, 4.69) is 0 Å². The summed E-state index contributed by atoms with van der Waals surface area (Å²) in [4.78, 5) is 10.1. The van der Waals surface area contributed by atoms with Crippen LogP contribution in [0, 0.1) is 0 Å². The molecule has 0 amide bonds. The molecule has 12 heavy (non-hydrogen) atoms. The minimum Gasteiger partial charge on any atom is -0.481 e. The second-order valence-electron chi connectivity index (χ2n) is 3.11. The van der Waals surface area contributed by atoms with Gasteiger partial charge in [0.1, 0.15) is 0 Å². The average Bonchev–Trinajstić information content (AvgIpc) is 1.84. The topological polar surface area (TPSA) is 57.5 Å². The van der Waals surface area contributed by atoms with Crippen LogP contribution in [0.4, 0.5) is 0 Å². The third-order valence-electron chi connectivity index (χ3n) is 1.46. The first-order chi connectivity index (χ1) is 5.52. The molecule has 3 heteroatoms. The first-order valence-electron chi connectivity index (χ1n) is 4.05. The first kappa shape index (κ1) is 11.2. The number of carboxylic acids is 1. The lowest BCUT2D eigenvalue weighted by Gasteiger charge is -2.04. The molecule has 3 nitrogen and oxygen atoms in total. The second kappa shape index (κ2) is 5.77. The fourth-order valence-corrected chi connectivity index (χ4v) is 0.868. The predicted octanol–water partition coefficient (Wildman–Crippen LogP) is 1.57. The van der Waals surface area contributed by atoms with Crippen molar-refractivity contribution in [3.05, 3.63) is 11.6 Å². The summed E-state index contributed by atoms with van der Waals surface area (Å²) in [6.07, 6.45) is 2.40. The quantitative estimate of drug-likeness (QED) is 0.619. The number of allylic oxidation sites excluding steroid dienone is 2. The predicted molar refractivity (Wildman–Crippen MR) is 46.9 cm³/mol. The maximum absolute atomic E-state index is 10.1. The Labute approximate surface area is 72.7 Å². The molecule has 0 fully saturated rings. The number of aliphatic hydroxyl groups is 1. The summed E-state index contributed by atoms with van der Waals surface area (Å²) in [6, 6.07) is 0. The highest BCUT2D eigenvalue weighted by molar-refractivity contribution is 5.67. The molecule has 0 radical (unpaired) electrons. The Kier molecular flexibility index (Phi) is 5.37. The van der Waals surface area contributed by atoms with Crippen molar-refractivity contribution in [2.24, 2.45) is 0 Å². The van der Waals surface area contributed by atoms with Crippen LogP contribution in [0.3, 0.4) is 0 Å². The fourth-order valence-electron chi connectivity index (χ4n) is 0.868. The van der Waals surface area contributed by atoms with E-state index >= 15 is 0 Å². The molecule has 0 bridgehead atoms. The summed E-state index contributed by atoms with van der Waals surface area (Å²) in [5.41, 5.74) is 1.19. The summed E-state index contributed by atoms with van der Waals surface area (Å²) in [5, 5.41) is 17.4. The Morgan fingerprint density at radius 1 is 1.50 bits per heavy atom. The molecule has 2 N–H and O–H groups in total. The molecule has 0 saturated carbocycles. The van der Waals surface area contributed by atoms with Crippen molar-refractivity contribution in [3.63, 3.8) is 0 Å². The Bertz CT molecular complexity index is 169. The molecule has 0 aromatic heterocycles. The third-order valence-corrected chi connectivity index (χ3v) is 1.46. The number of hydrogen-bond donors (Lipinski definition) is 2. The van der Waals surface area contributed by atoms with E-state index in [0.29, 0.717) is 6.42 Å². The summed E-state index contributed by atoms with van der Waals surface area (Å²) < 4.78 is 0. The van der Waals surface area contributed by atoms with Crippen LogP contribution in [-0.2, 0) is 4.79 Å². The van der Waals surface area contributed by atoms with Gasteiger partial charge in [0.2, 0.25) is 0 Å². The zero-order valence-electron chi connectivity index (χ0n) is 7.58. The summed E-state index contributed by atoms with van der Waals surface area (Å²) in [7, 11) is 0. The SMILES string of the molecule is CC(C)=CCCC(O)CC(=O)O. The van der Waals surface area contributed by atoms with Crippen molar-refractivity contribution in [2.75, 3.05) is 0 Å². The van der Waals surface area contributed by atoms with Crippen LogP contribution < -0.4 is 0 Å². The molecule has 0 spiro atoms. The number of hydrogen-bond acceptors (Lipinski definition) is 2. The number of aliphatic carboxylic acids is 1. The van der Waals surface area contributed by atoms with E-state index in [4.69, 9.17) is 10.2 Å². The lowest BCUT2D eigenvalue weighted by Crippen LogP contribution is -2.12. The Morgan fingerprint density at radius 2 is 2.08 bits per heavy atom. The van der Waals surface area contributed by atoms with Crippen molar-refractivity contribution >= 4 is 5.97 Å². The van der Waals surface area contributed by atoms with E-state index in [9.17, 15) is 4.79 Å². The molecule has 0 rings (SSSR count). The van der Waals surface area contributed by atoms with Gasteiger partial charge in [0, 0.05) is 0 Å². The number of carbonyl (C=O) groups is 1. The van der Waals surface area contributed by atoms with Crippen LogP contribution in [0.5, 0.6) is 0 Å². The number of rotatable bonds is 5. The highest BCUT2D eigenvalue weighted by Gasteiger charge is 2.07. The molecular formula is C9H16O3. The highest BCUT2D eigenvalue weighted by Crippen LogP contribution is 2.04. The van der Waals surface area contributed by atoms with Gasteiger partial charge in [0.15, 0.2) is 0 Å². The van der Waals surface area contributed by atoms with Gasteiger partial charge in [-0.2, -0.15) is 0 Å². The van der Waals surface area contributed by atoms with Gasteiger partial charge < -0.3 is 10.2 Å². The molecule has 1 unspecified atom stereocenters. The smallest absolute Gasteiger partial charge is 0.305 e. The van der Waals surface area contributed by atoms with Crippen LogP contribution in [0.25, 0.3) is 0 Å². The van der Waals surface area contributed by atoms with Gasteiger partial charge in [-0.1, -0.05) is 11.6 Å². The summed E-state index contributed by atoms with van der Waals surface area (Å²) in [5.74, 6) is -0.945. The first-order valence-corrected chi connectivity index (χ1v) is 4.05. The van der Waals surface area contributed by atoms with Gasteiger partial charge in [-0.3, -0.25) is 4.79 Å². The summed E-state index contributed by atoms with van der Waals surface area (Å²) >= 11 is 0. The van der Waals surface area contributed by atoms with E-state index in [1.165, 1.54) is 5.57 Å². The average molecular weight is 172 g/mol. The van der Waals surface area contributed by atoms with E-state index in [0.717, 1.165) is 6.42 Å². The Hall–Kier alpha value is -0.830. The van der Waals surface area contributed by atoms with Gasteiger partial charge in [-0.25, -0.2) is 0 Å². The van der Waals surface area contributed by atoms with Crippen molar-refractivity contribution < 1.29 is 15.0 Å². The molecule has 0 aromatic carbocycles. The van der Waals surface area contributed by atoms with E-state index in [1.54, 1.807) is 0 Å². The van der Waals surface area contributed by atoms with Gasteiger partial charge in [-0.05, 0) is 26.7 Å². The summed E-state index contributed by atoms with van der Waals surface area (Å²) in [6.45, 7) is 3.95. The third kappa shape index (κ3) is 7.28. The van der Waals surface area contributed by atoms with Gasteiger partial charge in [0.25, 0.3) is 0 Å². The molecule has 0 aliphatic heterocycles. The fraction of sp³-hybridized carbons (Fsp3) is 0.667. The van der Waals surface area contributed by atoms with Crippen molar-refractivity contribution in [1.29, 1.82) is 0 Å². The molecule has 0 aliphatic carbocycles. The molecular weight excluding hydrogens is 156 g/mol.